The molecule has 370 valence electrons. The summed E-state index contributed by atoms with van der Waals surface area (Å²) in [5, 5.41) is 60.5. The maximum atomic E-state index is 16.1. The second-order valence-electron chi connectivity index (χ2n) is 19.2. The van der Waals surface area contributed by atoms with E-state index in [0.717, 1.165) is 13.8 Å². The van der Waals surface area contributed by atoms with Crippen LogP contribution in [-0.4, -0.2) is 147 Å². The molecule has 2 saturated carbocycles. The van der Waals surface area contributed by atoms with Crippen LogP contribution in [0.3, 0.4) is 0 Å². The van der Waals surface area contributed by atoms with E-state index >= 15 is 4.79 Å². The van der Waals surface area contributed by atoms with Gasteiger partial charge in [-0.15, -0.1) is 0 Å². The number of carbonyl (C=O) groups excluding carboxylic acids is 6. The maximum absolute atomic E-state index is 16.1. The van der Waals surface area contributed by atoms with Crippen molar-refractivity contribution in [3.05, 3.63) is 82.9 Å². The van der Waals surface area contributed by atoms with E-state index in [2.05, 4.69) is 5.32 Å². The van der Waals surface area contributed by atoms with Crippen molar-refractivity contribution >= 4 is 35.6 Å². The van der Waals surface area contributed by atoms with E-state index < -0.39 is 150 Å². The molecule has 5 aliphatic rings. The van der Waals surface area contributed by atoms with Crippen molar-refractivity contribution in [3.63, 3.8) is 0 Å². The molecule has 2 aliphatic heterocycles. The van der Waals surface area contributed by atoms with Crippen LogP contribution >= 0.6 is 0 Å². The third kappa shape index (κ3) is 8.76. The number of ketones is 1. The normalized spacial score (nSPS) is 35.9. The van der Waals surface area contributed by atoms with Gasteiger partial charge in [-0.1, -0.05) is 69.3 Å². The van der Waals surface area contributed by atoms with Crippen molar-refractivity contribution in [1.82, 2.24) is 5.32 Å². The Morgan fingerprint density at radius 3 is 2.12 bits per heavy atom. The summed E-state index contributed by atoms with van der Waals surface area (Å²) in [5.74, 6) is -7.06. The molecule has 15 atom stereocenters. The van der Waals surface area contributed by atoms with Gasteiger partial charge in [-0.05, 0) is 49.1 Å². The predicted molar refractivity (Wildman–Crippen MR) is 233 cm³/mol. The van der Waals surface area contributed by atoms with Gasteiger partial charge < -0.3 is 64.0 Å². The minimum absolute atomic E-state index is 0.0190. The number of rotatable bonds is 13. The second kappa shape index (κ2) is 19.3. The Morgan fingerprint density at radius 1 is 0.882 bits per heavy atom. The molecule has 2 saturated heterocycles. The number of esters is 4. The van der Waals surface area contributed by atoms with Crippen molar-refractivity contribution < 1.29 is 87.5 Å². The molecular weight excluding hydrogens is 891 g/mol. The van der Waals surface area contributed by atoms with Gasteiger partial charge >= 0.3 is 23.9 Å². The highest BCUT2D eigenvalue weighted by Gasteiger charge is 2.79. The third-order valence-corrected chi connectivity index (χ3v) is 14.7. The highest BCUT2D eigenvalue weighted by Crippen LogP contribution is 2.65. The molecular formula is C49H61NO18. The average molecular weight is 952 g/mol. The van der Waals surface area contributed by atoms with Crippen LogP contribution in [-0.2, 0) is 57.1 Å². The zero-order valence-corrected chi connectivity index (χ0v) is 39.0. The first-order valence-corrected chi connectivity index (χ1v) is 22.8. The Labute approximate surface area is 393 Å². The van der Waals surface area contributed by atoms with E-state index in [0.29, 0.717) is 12.0 Å². The number of hydrogen-bond donors (Lipinski definition) is 6. The Bertz CT molecular complexity index is 2290. The topological polar surface area (TPSA) is 280 Å². The van der Waals surface area contributed by atoms with E-state index in [1.54, 1.807) is 55.5 Å². The monoisotopic (exact) mass is 951 g/mol. The van der Waals surface area contributed by atoms with E-state index in [1.807, 2.05) is 0 Å². The number of benzene rings is 2. The SMILES string of the molecule is CCCC(=O)N[C@@H](c1ccccc1)[C@@H](O)C(=O)O[C@H]1C[C@@]2(O)[C@@H](OC(=O)c3ccccc3)[C@@H]3[C@]4(OC(C)=O)CO[C@@H]4C[C@H](O[C@@H]4OC[C@@H](O)[C@H](O)[C@H]4O)[C@@]3(C)C(=O)[C@H](OC(C)=O)C(=C1C)C2(C)C. The molecule has 6 N–H and O–H groups in total. The summed E-state index contributed by atoms with van der Waals surface area (Å²) in [6, 6.07) is 14.7. The van der Waals surface area contributed by atoms with Gasteiger partial charge in [0.05, 0.1) is 42.3 Å². The Hall–Kier alpha value is -5.12. The van der Waals surface area contributed by atoms with Crippen LogP contribution in [0, 0.1) is 16.7 Å². The lowest BCUT2D eigenvalue weighted by molar-refractivity contribution is -0.366. The number of carbonyl (C=O) groups is 6. The fourth-order valence-corrected chi connectivity index (χ4v) is 11.1. The van der Waals surface area contributed by atoms with Crippen molar-refractivity contribution in [2.45, 2.75) is 153 Å². The number of hydrogen-bond acceptors (Lipinski definition) is 18. The smallest absolute Gasteiger partial charge is 0.338 e. The molecule has 1 amide bonds. The van der Waals surface area contributed by atoms with E-state index in [1.165, 1.54) is 39.8 Å². The molecule has 19 nitrogen and oxygen atoms in total. The molecule has 2 bridgehead atoms. The van der Waals surface area contributed by atoms with Gasteiger partial charge in [-0.25, -0.2) is 9.59 Å². The molecule has 7 rings (SSSR count). The van der Waals surface area contributed by atoms with Crippen LogP contribution < -0.4 is 5.32 Å². The average Bonchev–Trinajstić information content (AvgIpc) is 3.28. The maximum Gasteiger partial charge on any atom is 0.338 e. The van der Waals surface area contributed by atoms with E-state index in [9.17, 15) is 49.5 Å². The van der Waals surface area contributed by atoms with Gasteiger partial charge in [0.25, 0.3) is 0 Å². The van der Waals surface area contributed by atoms with Crippen LogP contribution in [0.5, 0.6) is 0 Å². The summed E-state index contributed by atoms with van der Waals surface area (Å²) >= 11 is 0. The molecule has 2 heterocycles. The van der Waals surface area contributed by atoms with Crippen LogP contribution in [0.15, 0.2) is 71.8 Å². The first-order valence-electron chi connectivity index (χ1n) is 22.8. The lowest BCUT2D eigenvalue weighted by atomic mass is 9.44. The summed E-state index contributed by atoms with van der Waals surface area (Å²) in [6.07, 6.45) is -17.2. The third-order valence-electron chi connectivity index (χ3n) is 14.7. The number of aliphatic hydroxyl groups excluding tert-OH is 4. The summed E-state index contributed by atoms with van der Waals surface area (Å²) in [5.41, 5.74) is -7.85. The van der Waals surface area contributed by atoms with Gasteiger partial charge in [-0.2, -0.15) is 0 Å². The Balaban J connectivity index is 1.44. The standard InChI is InChI=1S/C49H61NO18/c1-8-15-33(54)50-35(27-16-11-9-12-17-27)37(56)44(60)65-30-21-49(61)42(67-43(59)28-18-13-10-14-19-28)40-47(7,41(58)39(64-25(3)51)34(24(30)2)46(49,5)6)31(20-32-48(40,23-63-32)68-26(4)52)66-45-38(57)36(55)29(53)22-62-45/h9-14,16-19,29-32,35-40,42,45,53,55-57,61H,8,15,20-23H2,1-7H3,(H,50,54)/t29-,30+,31+,32-,35+,36+,37-,38-,39-,40+,42+,45+,47-,48+,49-/m1/s1. The number of ether oxygens (including phenoxy) is 7. The number of Topliss-reactive ketones (excluding diaryl/α,β-unsaturated/α-hetero) is 1. The van der Waals surface area contributed by atoms with E-state index in [-0.39, 0.29) is 29.6 Å². The minimum atomic E-state index is -2.49. The zero-order valence-electron chi connectivity index (χ0n) is 39.0. The first-order chi connectivity index (χ1) is 32.0. The molecule has 0 spiro atoms. The fourth-order valence-electron chi connectivity index (χ4n) is 11.1. The summed E-state index contributed by atoms with van der Waals surface area (Å²) in [4.78, 5) is 84.6. The molecule has 68 heavy (non-hydrogen) atoms. The van der Waals surface area contributed by atoms with Crippen LogP contribution in [0.4, 0.5) is 0 Å². The number of aliphatic hydroxyl groups is 5. The molecule has 19 heteroatoms. The first kappa shape index (κ1) is 50.7. The van der Waals surface area contributed by atoms with Crippen molar-refractivity contribution in [1.29, 1.82) is 0 Å². The predicted octanol–water partition coefficient (Wildman–Crippen LogP) is 1.69. The molecule has 0 unspecified atom stereocenters. The number of fused-ring (bicyclic) bond motifs is 5. The highest BCUT2D eigenvalue weighted by atomic mass is 16.7. The summed E-state index contributed by atoms with van der Waals surface area (Å²) in [6.45, 7) is 9.06. The molecule has 0 aromatic heterocycles. The number of amides is 1. The van der Waals surface area contributed by atoms with Gasteiger partial charge in [0.1, 0.15) is 42.2 Å². The lowest BCUT2D eigenvalue weighted by Crippen LogP contribution is -2.82. The molecule has 0 radical (unpaired) electrons. The molecule has 2 aromatic carbocycles. The van der Waals surface area contributed by atoms with Gasteiger partial charge in [-0.3, -0.25) is 19.2 Å². The Morgan fingerprint density at radius 2 is 1.53 bits per heavy atom. The van der Waals surface area contributed by atoms with Crippen LogP contribution in [0.2, 0.25) is 0 Å². The quantitative estimate of drug-likeness (QED) is 0.0947. The molecule has 3 aliphatic carbocycles. The van der Waals surface area contributed by atoms with Gasteiger partial charge in [0.2, 0.25) is 5.91 Å². The van der Waals surface area contributed by atoms with Crippen LogP contribution in [0.1, 0.15) is 96.1 Å². The lowest BCUT2D eigenvalue weighted by Gasteiger charge is -2.68. The second-order valence-corrected chi connectivity index (χ2v) is 19.2. The highest BCUT2D eigenvalue weighted by molar-refractivity contribution is 5.95. The number of nitrogens with one attached hydrogen (secondary N) is 1. The summed E-state index contributed by atoms with van der Waals surface area (Å²) in [7, 11) is 0. The van der Waals surface area contributed by atoms with Crippen LogP contribution in [0.25, 0.3) is 0 Å². The largest absolute Gasteiger partial charge is 0.456 e. The molecule has 4 fully saturated rings. The fraction of sp³-hybridized carbons (Fsp3) is 0.592. The van der Waals surface area contributed by atoms with E-state index in [4.69, 9.17) is 33.2 Å². The zero-order chi connectivity index (χ0) is 49.7. The minimum Gasteiger partial charge on any atom is -0.456 e. The van der Waals surface area contributed by atoms with Crippen molar-refractivity contribution in [2.24, 2.45) is 16.7 Å². The Kier molecular flexibility index (Phi) is 14.4. The molecule has 2 aromatic rings. The van der Waals surface area contributed by atoms with Gasteiger partial charge in [0.15, 0.2) is 29.9 Å². The van der Waals surface area contributed by atoms with Crippen molar-refractivity contribution in [2.75, 3.05) is 13.2 Å². The van der Waals surface area contributed by atoms with Crippen molar-refractivity contribution in [3.8, 4) is 0 Å². The summed E-state index contributed by atoms with van der Waals surface area (Å²) < 4.78 is 43.0. The van der Waals surface area contributed by atoms with Gasteiger partial charge in [0, 0.05) is 38.5 Å².